The van der Waals surface area contributed by atoms with Gasteiger partial charge in [0.15, 0.2) is 0 Å². The van der Waals surface area contributed by atoms with E-state index in [0.29, 0.717) is 5.57 Å². The lowest BCUT2D eigenvalue weighted by molar-refractivity contribution is -0.143. The van der Waals surface area contributed by atoms with Crippen molar-refractivity contribution in [2.24, 2.45) is 0 Å². The van der Waals surface area contributed by atoms with Gasteiger partial charge in [0.1, 0.15) is 17.2 Å². The van der Waals surface area contributed by atoms with Gasteiger partial charge in [-0.3, -0.25) is 4.79 Å². The van der Waals surface area contributed by atoms with Gasteiger partial charge in [0.2, 0.25) is 0 Å². The third-order valence-corrected chi connectivity index (χ3v) is 2.82. The number of amides is 1. The van der Waals surface area contributed by atoms with E-state index in [0.717, 1.165) is 0 Å². The molecule has 0 radical (unpaired) electrons. The maximum atomic E-state index is 13.2. The average Bonchev–Trinajstić information content (AvgIpc) is 2.44. The molecule has 0 aliphatic carbocycles. The second kappa shape index (κ2) is 10.5. The van der Waals surface area contributed by atoms with Crippen LogP contribution in [0, 0.1) is 0 Å². The molecule has 0 aliphatic heterocycles. The summed E-state index contributed by atoms with van der Waals surface area (Å²) < 4.78 is 28.2. The number of hydrogen-bond acceptors (Lipinski definition) is 5. The number of nitrogens with one attached hydrogen (secondary N) is 1. The van der Waals surface area contributed by atoms with Crippen LogP contribution in [0.3, 0.4) is 0 Å². The standard InChI is InChI=1S/C18H28FNO5/c1-8-24-16(21)11-14(20-17(22)25-18(4,5)6)12(2)9-10-15(23-7)13(3)19/h9-10,14H,2,8,11H2,1,3-7H3,(H,20,22)/b10-9-,15-13-/t14-/m1/s1. The Balaban J connectivity index is 5.20. The van der Waals surface area contributed by atoms with Crippen molar-refractivity contribution in [3.63, 3.8) is 0 Å². The summed E-state index contributed by atoms with van der Waals surface area (Å²) in [6.45, 7) is 12.1. The number of alkyl carbamates (subject to hydrolysis) is 1. The molecule has 0 saturated carbocycles. The van der Waals surface area contributed by atoms with Crippen LogP contribution in [0.4, 0.5) is 9.18 Å². The lowest BCUT2D eigenvalue weighted by atomic mass is 10.0. The van der Waals surface area contributed by atoms with Crippen LogP contribution in [0.2, 0.25) is 0 Å². The Hall–Kier alpha value is -2.31. The van der Waals surface area contributed by atoms with Crippen molar-refractivity contribution >= 4 is 12.1 Å². The normalized spacial score (nSPS) is 13.7. The van der Waals surface area contributed by atoms with E-state index in [1.807, 2.05) is 0 Å². The van der Waals surface area contributed by atoms with E-state index in [9.17, 15) is 14.0 Å². The molecule has 0 heterocycles. The van der Waals surface area contributed by atoms with Crippen LogP contribution in [0.1, 0.15) is 41.0 Å². The van der Waals surface area contributed by atoms with Crippen LogP contribution in [-0.4, -0.2) is 37.4 Å². The molecule has 0 fully saturated rings. The molecule has 0 spiro atoms. The molecule has 0 bridgehead atoms. The summed E-state index contributed by atoms with van der Waals surface area (Å²) in [7, 11) is 1.33. The first-order chi connectivity index (χ1) is 11.5. The van der Waals surface area contributed by atoms with E-state index in [1.54, 1.807) is 27.7 Å². The van der Waals surface area contributed by atoms with Crippen molar-refractivity contribution in [1.29, 1.82) is 0 Å². The molecule has 0 aromatic carbocycles. The minimum atomic E-state index is -0.761. The molecule has 0 aromatic rings. The first-order valence-corrected chi connectivity index (χ1v) is 7.92. The fourth-order valence-corrected chi connectivity index (χ4v) is 1.73. The van der Waals surface area contributed by atoms with Crippen LogP contribution in [0.25, 0.3) is 0 Å². The highest BCUT2D eigenvalue weighted by Crippen LogP contribution is 2.14. The summed E-state index contributed by atoms with van der Waals surface area (Å²) >= 11 is 0. The summed E-state index contributed by atoms with van der Waals surface area (Å²) in [6, 6.07) is -0.761. The van der Waals surface area contributed by atoms with Crippen molar-refractivity contribution in [2.75, 3.05) is 13.7 Å². The van der Waals surface area contributed by atoms with Crippen LogP contribution >= 0.6 is 0 Å². The second-order valence-electron chi connectivity index (χ2n) is 6.22. The van der Waals surface area contributed by atoms with E-state index in [-0.39, 0.29) is 18.8 Å². The van der Waals surface area contributed by atoms with E-state index in [4.69, 9.17) is 14.2 Å². The Morgan fingerprint density at radius 1 is 1.28 bits per heavy atom. The zero-order chi connectivity index (χ0) is 19.6. The number of carbonyl (C=O) groups excluding carboxylic acids is 2. The van der Waals surface area contributed by atoms with Gasteiger partial charge in [-0.2, -0.15) is 0 Å². The molecular weight excluding hydrogens is 329 g/mol. The highest BCUT2D eigenvalue weighted by Gasteiger charge is 2.23. The topological polar surface area (TPSA) is 73.9 Å². The van der Waals surface area contributed by atoms with E-state index < -0.39 is 29.5 Å². The molecule has 6 nitrogen and oxygen atoms in total. The highest BCUT2D eigenvalue weighted by molar-refractivity contribution is 5.74. The molecule has 0 aromatic heterocycles. The number of hydrogen-bond donors (Lipinski definition) is 1. The first kappa shape index (κ1) is 22.7. The first-order valence-electron chi connectivity index (χ1n) is 7.92. The van der Waals surface area contributed by atoms with E-state index >= 15 is 0 Å². The summed E-state index contributed by atoms with van der Waals surface area (Å²) in [5, 5.41) is 2.57. The Kier molecular flexibility index (Phi) is 9.56. The SMILES string of the molecule is C=C(/C=C\C(OC)=C(/C)F)[C@@H](CC(=O)OCC)NC(=O)OC(C)(C)C. The maximum absolute atomic E-state index is 13.2. The number of allylic oxidation sites excluding steroid dienone is 2. The summed E-state index contributed by atoms with van der Waals surface area (Å²) in [6.07, 6.45) is 2.01. The van der Waals surface area contributed by atoms with Crippen LogP contribution < -0.4 is 5.32 Å². The molecule has 0 unspecified atom stereocenters. The van der Waals surface area contributed by atoms with Crippen LogP contribution in [-0.2, 0) is 19.0 Å². The highest BCUT2D eigenvalue weighted by atomic mass is 19.1. The van der Waals surface area contributed by atoms with Gasteiger partial charge in [-0.1, -0.05) is 12.7 Å². The maximum Gasteiger partial charge on any atom is 0.408 e. The van der Waals surface area contributed by atoms with Crippen molar-refractivity contribution in [3.05, 3.63) is 35.9 Å². The third kappa shape index (κ3) is 10.2. The smallest absolute Gasteiger partial charge is 0.408 e. The van der Waals surface area contributed by atoms with Gasteiger partial charge >= 0.3 is 12.1 Å². The average molecular weight is 357 g/mol. The summed E-state index contributed by atoms with van der Waals surface area (Å²) in [5.41, 5.74) is -0.317. The Bertz CT molecular complexity index is 542. The predicted octanol–water partition coefficient (Wildman–Crippen LogP) is 3.79. The van der Waals surface area contributed by atoms with Crippen molar-refractivity contribution in [1.82, 2.24) is 5.32 Å². The van der Waals surface area contributed by atoms with E-state index in [1.165, 1.54) is 26.2 Å². The number of methoxy groups -OCH3 is 1. The van der Waals surface area contributed by atoms with Crippen LogP contribution in [0.5, 0.6) is 0 Å². The molecule has 1 N–H and O–H groups in total. The van der Waals surface area contributed by atoms with Gasteiger partial charge in [-0.15, -0.1) is 0 Å². The number of esters is 1. The van der Waals surface area contributed by atoms with Gasteiger partial charge in [0.25, 0.3) is 0 Å². The zero-order valence-corrected chi connectivity index (χ0v) is 15.8. The molecule has 0 rings (SSSR count). The predicted molar refractivity (Wildman–Crippen MR) is 93.5 cm³/mol. The third-order valence-electron chi connectivity index (χ3n) is 2.82. The van der Waals surface area contributed by atoms with Crippen LogP contribution in [0.15, 0.2) is 35.9 Å². The minimum absolute atomic E-state index is 0.0216. The lowest BCUT2D eigenvalue weighted by Gasteiger charge is -2.23. The lowest BCUT2D eigenvalue weighted by Crippen LogP contribution is -2.41. The fourth-order valence-electron chi connectivity index (χ4n) is 1.73. The Morgan fingerprint density at radius 3 is 2.32 bits per heavy atom. The summed E-state index contributed by atoms with van der Waals surface area (Å²) in [5.74, 6) is -0.982. The Labute approximate surface area is 148 Å². The monoisotopic (exact) mass is 357 g/mol. The number of carbonyl (C=O) groups is 2. The number of rotatable bonds is 8. The van der Waals surface area contributed by atoms with Crippen molar-refractivity contribution in [3.8, 4) is 0 Å². The molecule has 7 heteroatoms. The fraction of sp³-hybridized carbons (Fsp3) is 0.556. The van der Waals surface area contributed by atoms with Gasteiger partial charge < -0.3 is 19.5 Å². The molecular formula is C18H28FNO5. The Morgan fingerprint density at radius 2 is 1.88 bits per heavy atom. The quantitative estimate of drug-likeness (QED) is 0.406. The van der Waals surface area contributed by atoms with Gasteiger partial charge in [-0.05, 0) is 46.3 Å². The molecule has 0 aliphatic rings. The largest absolute Gasteiger partial charge is 0.494 e. The number of ether oxygens (including phenoxy) is 3. The molecule has 1 atom stereocenters. The number of halogens is 1. The molecule has 1 amide bonds. The second-order valence-corrected chi connectivity index (χ2v) is 6.22. The van der Waals surface area contributed by atoms with Gasteiger partial charge in [-0.25, -0.2) is 9.18 Å². The molecule has 25 heavy (non-hydrogen) atoms. The van der Waals surface area contributed by atoms with Crippen molar-refractivity contribution < 1.29 is 28.2 Å². The zero-order valence-electron chi connectivity index (χ0n) is 15.8. The summed E-state index contributed by atoms with van der Waals surface area (Å²) in [4.78, 5) is 23.7. The molecule has 142 valence electrons. The van der Waals surface area contributed by atoms with E-state index in [2.05, 4.69) is 11.9 Å². The van der Waals surface area contributed by atoms with Gasteiger partial charge in [0, 0.05) is 0 Å². The van der Waals surface area contributed by atoms with Crippen molar-refractivity contribution in [2.45, 2.75) is 52.7 Å². The molecule has 0 saturated heterocycles. The minimum Gasteiger partial charge on any atom is -0.494 e. The van der Waals surface area contributed by atoms with Gasteiger partial charge in [0.05, 0.1) is 26.2 Å².